The van der Waals surface area contributed by atoms with Crippen LogP contribution in [0.25, 0.3) is 16.6 Å². The molecule has 2 aromatic heterocycles. The van der Waals surface area contributed by atoms with Crippen molar-refractivity contribution in [1.82, 2.24) is 19.4 Å². The number of aryl methyl sites for hydroxylation is 1. The van der Waals surface area contributed by atoms with Crippen molar-refractivity contribution in [3.8, 4) is 5.69 Å². The topological polar surface area (TPSA) is 68.5 Å². The number of methoxy groups -OCH3 is 1. The number of hydrogen-bond donors (Lipinski definition) is 1. The Morgan fingerprint density at radius 3 is 2.50 bits per heavy atom. The van der Waals surface area contributed by atoms with Gasteiger partial charge in [0.1, 0.15) is 11.2 Å². The molecule has 36 heavy (non-hydrogen) atoms. The average molecular weight is 491 g/mol. The van der Waals surface area contributed by atoms with Crippen LogP contribution in [0.3, 0.4) is 0 Å². The normalized spacial score (nSPS) is 21.3. The van der Waals surface area contributed by atoms with Gasteiger partial charge >= 0.3 is 0 Å². The number of ether oxygens (including phenoxy) is 1. The number of hydrogen-bond acceptors (Lipinski definition) is 3. The number of carbonyl (C=O) groups excluding carboxylic acids is 2. The molecule has 1 atom stereocenters. The van der Waals surface area contributed by atoms with Crippen LogP contribution >= 0.6 is 0 Å². The van der Waals surface area contributed by atoms with Crippen molar-refractivity contribution in [3.05, 3.63) is 54.0 Å². The molecule has 0 unspecified atom stereocenters. The number of rotatable bonds is 6. The fraction of sp³-hybridized carbons (Fsp3) is 0.517. The summed E-state index contributed by atoms with van der Waals surface area (Å²) in [6.45, 7) is 5.11. The fourth-order valence-corrected chi connectivity index (χ4v) is 5.99. The van der Waals surface area contributed by atoms with Crippen LogP contribution in [0.5, 0.6) is 0 Å². The smallest absolute Gasteiger partial charge is 0.273 e. The molecule has 1 N–H and O–H groups in total. The van der Waals surface area contributed by atoms with Gasteiger partial charge in [-0.05, 0) is 51.0 Å². The lowest BCUT2D eigenvalue weighted by molar-refractivity contribution is -0.134. The lowest BCUT2D eigenvalue weighted by Crippen LogP contribution is -2.65. The molecular weight excluding hydrogens is 452 g/mol. The van der Waals surface area contributed by atoms with Crippen LogP contribution in [0.15, 0.2) is 42.7 Å². The van der Waals surface area contributed by atoms with Crippen LogP contribution < -0.4 is 5.32 Å². The van der Waals surface area contributed by atoms with Gasteiger partial charge in [-0.3, -0.25) is 9.59 Å². The summed E-state index contributed by atoms with van der Waals surface area (Å²) in [6.07, 6.45) is 12.0. The van der Waals surface area contributed by atoms with Gasteiger partial charge in [0.2, 0.25) is 5.91 Å². The van der Waals surface area contributed by atoms with Crippen molar-refractivity contribution in [1.29, 1.82) is 0 Å². The molecule has 1 aliphatic heterocycles. The number of nitrogens with one attached hydrogen (secondary N) is 1. The molecule has 1 aliphatic carbocycles. The molecule has 3 aromatic rings. The summed E-state index contributed by atoms with van der Waals surface area (Å²) in [4.78, 5) is 30.0. The zero-order valence-corrected chi connectivity index (χ0v) is 21.8. The number of carbonyl (C=O) groups is 2. The highest BCUT2D eigenvalue weighted by atomic mass is 16.5. The maximum atomic E-state index is 14.3. The van der Waals surface area contributed by atoms with Crippen LogP contribution in [0.2, 0.25) is 0 Å². The maximum Gasteiger partial charge on any atom is 0.273 e. The minimum atomic E-state index is -1.02. The van der Waals surface area contributed by atoms with Gasteiger partial charge in [-0.2, -0.15) is 0 Å². The Hall–Kier alpha value is -3.06. The Labute approximate surface area is 213 Å². The summed E-state index contributed by atoms with van der Waals surface area (Å²) in [5.41, 5.74) is 2.58. The first-order chi connectivity index (χ1) is 17.4. The van der Waals surface area contributed by atoms with E-state index < -0.39 is 5.54 Å². The van der Waals surface area contributed by atoms with Gasteiger partial charge in [0.25, 0.3) is 5.91 Å². The van der Waals surface area contributed by atoms with E-state index in [1.165, 1.54) is 19.3 Å². The van der Waals surface area contributed by atoms with E-state index in [0.29, 0.717) is 25.4 Å². The Morgan fingerprint density at radius 2 is 1.81 bits per heavy atom. The quantitative estimate of drug-likeness (QED) is 0.538. The second-order valence-electron chi connectivity index (χ2n) is 10.6. The Bertz CT molecular complexity index is 1240. The molecule has 0 radical (unpaired) electrons. The van der Waals surface area contributed by atoms with Crippen LogP contribution in [0.1, 0.15) is 67.9 Å². The lowest BCUT2D eigenvalue weighted by Gasteiger charge is -2.44. The third kappa shape index (κ3) is 4.34. The highest BCUT2D eigenvalue weighted by Gasteiger charge is 2.49. The first kappa shape index (κ1) is 24.6. The number of benzene rings is 1. The zero-order chi connectivity index (χ0) is 25.3. The summed E-state index contributed by atoms with van der Waals surface area (Å²) in [6, 6.07) is 10.4. The van der Waals surface area contributed by atoms with Crippen molar-refractivity contribution in [2.75, 3.05) is 20.3 Å². The third-order valence-electron chi connectivity index (χ3n) is 8.01. The van der Waals surface area contributed by atoms with E-state index in [2.05, 4.69) is 35.0 Å². The number of fused-ring (bicyclic) bond motifs is 3. The van der Waals surface area contributed by atoms with Gasteiger partial charge in [0, 0.05) is 37.5 Å². The number of amides is 2. The van der Waals surface area contributed by atoms with Crippen molar-refractivity contribution >= 4 is 22.7 Å². The summed E-state index contributed by atoms with van der Waals surface area (Å²) >= 11 is 0. The molecule has 2 aliphatic rings. The molecule has 2 amide bonds. The van der Waals surface area contributed by atoms with Crippen molar-refractivity contribution in [2.24, 2.45) is 0 Å². The van der Waals surface area contributed by atoms with Gasteiger partial charge < -0.3 is 24.1 Å². The summed E-state index contributed by atoms with van der Waals surface area (Å²) in [7, 11) is 1.63. The van der Waals surface area contributed by atoms with E-state index in [1.54, 1.807) is 12.0 Å². The highest BCUT2D eigenvalue weighted by molar-refractivity contribution is 6.09. The largest absolute Gasteiger partial charge is 0.383 e. The first-order valence-corrected chi connectivity index (χ1v) is 13.3. The van der Waals surface area contributed by atoms with Crippen LogP contribution in [0, 0.1) is 6.92 Å². The minimum Gasteiger partial charge on any atom is -0.383 e. The molecule has 0 saturated heterocycles. The van der Waals surface area contributed by atoms with E-state index in [0.717, 1.165) is 47.8 Å². The van der Waals surface area contributed by atoms with Crippen molar-refractivity contribution in [2.45, 2.75) is 76.9 Å². The molecule has 7 nitrogen and oxygen atoms in total. The van der Waals surface area contributed by atoms with Gasteiger partial charge in [-0.1, -0.05) is 43.7 Å². The average Bonchev–Trinajstić information content (AvgIpc) is 3.46. The monoisotopic (exact) mass is 490 g/mol. The van der Waals surface area contributed by atoms with Crippen LogP contribution in [0.4, 0.5) is 0 Å². The number of nitrogens with zero attached hydrogens (tertiary/aromatic N) is 3. The van der Waals surface area contributed by atoms with E-state index in [4.69, 9.17) is 4.74 Å². The minimum absolute atomic E-state index is 0.0698. The standard InChI is InChI=1S/C29H38N4O3/c1-21-13-14-24-23(19-21)25(31-15-9-10-16-31)26-27(34)33(17-18-36-3)29(2,20-32(24)26)28(35)30-22-11-7-5-4-6-8-12-22/h9-10,13-16,19,22H,4-8,11-12,17-18,20H2,1-3H3,(H,30,35)/t29-/m1/s1. The van der Waals surface area contributed by atoms with E-state index in [1.807, 2.05) is 36.0 Å². The molecular formula is C29H38N4O3. The Morgan fingerprint density at radius 1 is 1.11 bits per heavy atom. The predicted molar refractivity (Wildman–Crippen MR) is 142 cm³/mol. The summed E-state index contributed by atoms with van der Waals surface area (Å²) in [5.74, 6) is -0.203. The molecule has 7 heteroatoms. The molecule has 1 saturated carbocycles. The maximum absolute atomic E-state index is 14.3. The zero-order valence-electron chi connectivity index (χ0n) is 21.8. The molecule has 0 bridgehead atoms. The van der Waals surface area contributed by atoms with Crippen molar-refractivity contribution < 1.29 is 14.3 Å². The van der Waals surface area contributed by atoms with Crippen LogP contribution in [-0.2, 0) is 16.1 Å². The SMILES string of the molecule is COCCN1C(=O)c2c(-n3cccc3)c3cc(C)ccc3n2C[C@]1(C)C(=O)NC1CCCCCCC1. The molecule has 1 fully saturated rings. The predicted octanol–water partition coefficient (Wildman–Crippen LogP) is 4.83. The summed E-state index contributed by atoms with van der Waals surface area (Å²) in [5, 5.41) is 4.37. The second kappa shape index (κ2) is 10.1. The third-order valence-corrected chi connectivity index (χ3v) is 8.01. The van der Waals surface area contributed by atoms with Crippen molar-refractivity contribution in [3.63, 3.8) is 0 Å². The van der Waals surface area contributed by atoms with Gasteiger partial charge in [0.05, 0.1) is 24.4 Å². The molecule has 192 valence electrons. The second-order valence-corrected chi connectivity index (χ2v) is 10.6. The molecule has 1 aromatic carbocycles. The van der Waals surface area contributed by atoms with Gasteiger partial charge in [-0.15, -0.1) is 0 Å². The Balaban J connectivity index is 1.59. The number of aromatic nitrogens is 2. The van der Waals surface area contributed by atoms with Crippen LogP contribution in [-0.4, -0.2) is 57.7 Å². The molecule has 5 rings (SSSR count). The van der Waals surface area contributed by atoms with E-state index in [9.17, 15) is 9.59 Å². The van der Waals surface area contributed by atoms with Gasteiger partial charge in [0.15, 0.2) is 0 Å². The molecule has 3 heterocycles. The first-order valence-electron chi connectivity index (χ1n) is 13.3. The van der Waals surface area contributed by atoms with Gasteiger partial charge in [-0.25, -0.2) is 0 Å². The Kier molecular flexibility index (Phi) is 6.93. The fourth-order valence-electron chi connectivity index (χ4n) is 5.99. The van der Waals surface area contributed by atoms with E-state index in [-0.39, 0.29) is 17.9 Å². The molecule has 0 spiro atoms. The summed E-state index contributed by atoms with van der Waals surface area (Å²) < 4.78 is 9.45. The van der Waals surface area contributed by atoms with E-state index >= 15 is 0 Å². The lowest BCUT2D eigenvalue weighted by atomic mass is 9.92. The highest BCUT2D eigenvalue weighted by Crippen LogP contribution is 2.38.